The second kappa shape index (κ2) is 20.5. The third kappa shape index (κ3) is 13.6. The van der Waals surface area contributed by atoms with Crippen LogP contribution >= 0.6 is 0 Å². The number of amides is 4. The lowest BCUT2D eigenvalue weighted by atomic mass is 10.0. The summed E-state index contributed by atoms with van der Waals surface area (Å²) in [6.45, 7) is 1.51. The Morgan fingerprint density at radius 2 is 1.45 bits per heavy atom. The van der Waals surface area contributed by atoms with Crippen molar-refractivity contribution in [3.63, 3.8) is 0 Å². The number of likely N-dealkylation sites (N-methyl/N-ethyl adjacent to an activating group) is 1. The quantitative estimate of drug-likeness (QED) is 0.0758. The number of phenolic OH excluding ortho intramolecular Hbond substituents is 1. The molecule has 3 rings (SSSR count). The third-order valence-electron chi connectivity index (χ3n) is 8.53. The maximum atomic E-state index is 13.5. The Morgan fingerprint density at radius 1 is 0.843 bits per heavy atom. The monoisotopic (exact) mass is 705 g/mol. The van der Waals surface area contributed by atoms with Gasteiger partial charge in [0, 0.05) is 26.4 Å². The van der Waals surface area contributed by atoms with E-state index in [4.69, 9.17) is 5.73 Å². The molecule has 0 spiro atoms. The molecule has 0 fully saturated rings. The van der Waals surface area contributed by atoms with Gasteiger partial charge in [0.05, 0.1) is 18.7 Å². The summed E-state index contributed by atoms with van der Waals surface area (Å²) in [5.41, 5.74) is 9.41. The Bertz CT molecular complexity index is 1590. The highest BCUT2D eigenvalue weighted by Gasteiger charge is 2.29. The molecule has 4 amide bonds. The topological polar surface area (TPSA) is 191 Å². The number of hydrogen-bond acceptors (Lipinski definition) is 8. The second-order valence-electron chi connectivity index (χ2n) is 12.6. The number of aryl methyl sites for hydroxylation is 2. The average molecular weight is 706 g/mol. The molecule has 4 atom stereocenters. The standard InChI is InChI=1S/C38H48FN5O7/c1-25-6-8-27(9-7-25)21-32(40)36(49)43-33(24-46)37(50)41-20-4-3-5-30(23-45)42-38(51)34(22-28-12-17-31(47)18-13-28)44(2)35(48)19-14-26-10-15-29(39)16-11-26/h6-13,15-18,23,30,32-34,46-47H,3-5,14,19-22,24,40H2,1-2H3,(H,41,50)(H,42,51)(H,43,49)/t30-,32+,33+,34+/m1/s1. The Hall–Kier alpha value is -5.14. The molecule has 0 heterocycles. The van der Waals surface area contributed by atoms with Crippen LogP contribution in [0.1, 0.15) is 47.9 Å². The first-order valence-electron chi connectivity index (χ1n) is 16.9. The van der Waals surface area contributed by atoms with Crippen molar-refractivity contribution in [2.75, 3.05) is 20.2 Å². The number of hydrogen-bond donors (Lipinski definition) is 6. The van der Waals surface area contributed by atoms with E-state index in [1.165, 1.54) is 36.2 Å². The average Bonchev–Trinajstić information content (AvgIpc) is 3.12. The molecular weight excluding hydrogens is 657 g/mol. The van der Waals surface area contributed by atoms with Gasteiger partial charge in [-0.05, 0) is 80.0 Å². The van der Waals surface area contributed by atoms with Crippen molar-refractivity contribution < 1.29 is 38.6 Å². The lowest BCUT2D eigenvalue weighted by Crippen LogP contribution is -2.53. The lowest BCUT2D eigenvalue weighted by Gasteiger charge is -2.29. The minimum absolute atomic E-state index is 0.0513. The number of halogens is 1. The number of nitrogens with one attached hydrogen (secondary N) is 3. The van der Waals surface area contributed by atoms with Crippen molar-refractivity contribution in [1.29, 1.82) is 0 Å². The maximum absolute atomic E-state index is 13.5. The zero-order valence-electron chi connectivity index (χ0n) is 29.0. The van der Waals surface area contributed by atoms with E-state index in [0.717, 1.165) is 16.7 Å². The van der Waals surface area contributed by atoms with Crippen LogP contribution in [0.4, 0.5) is 4.39 Å². The number of aliphatic hydroxyl groups excluding tert-OH is 1. The van der Waals surface area contributed by atoms with E-state index in [1.807, 2.05) is 31.2 Å². The van der Waals surface area contributed by atoms with Gasteiger partial charge in [0.25, 0.3) is 0 Å². The Labute approximate surface area is 297 Å². The molecule has 0 saturated heterocycles. The van der Waals surface area contributed by atoms with Crippen LogP contribution in [0, 0.1) is 12.7 Å². The van der Waals surface area contributed by atoms with Gasteiger partial charge in [-0.15, -0.1) is 0 Å². The number of rotatable bonds is 20. The van der Waals surface area contributed by atoms with Crippen molar-refractivity contribution in [2.24, 2.45) is 5.73 Å². The van der Waals surface area contributed by atoms with Crippen LogP contribution in [0.3, 0.4) is 0 Å². The van der Waals surface area contributed by atoms with Gasteiger partial charge in [-0.1, -0.05) is 54.1 Å². The molecule has 3 aromatic carbocycles. The van der Waals surface area contributed by atoms with E-state index in [2.05, 4.69) is 16.0 Å². The van der Waals surface area contributed by atoms with Gasteiger partial charge in [-0.3, -0.25) is 19.2 Å². The van der Waals surface area contributed by atoms with Gasteiger partial charge in [-0.25, -0.2) is 4.39 Å². The van der Waals surface area contributed by atoms with Crippen LogP contribution in [0.2, 0.25) is 0 Å². The molecule has 12 nitrogen and oxygen atoms in total. The molecule has 0 bridgehead atoms. The molecule has 0 unspecified atom stereocenters. The molecule has 0 saturated carbocycles. The fourth-order valence-corrected chi connectivity index (χ4v) is 5.33. The van der Waals surface area contributed by atoms with Crippen molar-refractivity contribution in [2.45, 2.75) is 76.0 Å². The van der Waals surface area contributed by atoms with E-state index < -0.39 is 48.5 Å². The molecule has 0 aliphatic heterocycles. The summed E-state index contributed by atoms with van der Waals surface area (Å²) in [5.74, 6) is -2.34. The first kappa shape index (κ1) is 40.3. The summed E-state index contributed by atoms with van der Waals surface area (Å²) < 4.78 is 13.3. The summed E-state index contributed by atoms with van der Waals surface area (Å²) in [5, 5.41) is 27.2. The van der Waals surface area contributed by atoms with Crippen LogP contribution in [0.15, 0.2) is 72.8 Å². The molecule has 274 valence electrons. The normalized spacial score (nSPS) is 13.3. The highest BCUT2D eigenvalue weighted by atomic mass is 19.1. The number of aldehydes is 1. The number of carbonyl (C=O) groups is 5. The molecular formula is C38H48FN5O7. The predicted octanol–water partition coefficient (Wildman–Crippen LogP) is 1.86. The highest BCUT2D eigenvalue weighted by Crippen LogP contribution is 2.16. The Kier molecular flexibility index (Phi) is 16.2. The number of benzene rings is 3. The molecule has 0 aliphatic carbocycles. The van der Waals surface area contributed by atoms with Crippen LogP contribution < -0.4 is 21.7 Å². The smallest absolute Gasteiger partial charge is 0.244 e. The minimum Gasteiger partial charge on any atom is -0.508 e. The Balaban J connectivity index is 1.49. The molecule has 7 N–H and O–H groups in total. The van der Waals surface area contributed by atoms with Gasteiger partial charge in [0.1, 0.15) is 29.9 Å². The zero-order chi connectivity index (χ0) is 37.3. The van der Waals surface area contributed by atoms with E-state index >= 15 is 0 Å². The number of aromatic hydroxyl groups is 1. The van der Waals surface area contributed by atoms with Gasteiger partial charge in [0.15, 0.2) is 0 Å². The predicted molar refractivity (Wildman–Crippen MR) is 190 cm³/mol. The molecule has 0 radical (unpaired) electrons. The van der Waals surface area contributed by atoms with Crippen LogP contribution in [0.5, 0.6) is 5.75 Å². The molecule has 0 aromatic heterocycles. The number of nitrogens with zero attached hydrogens (tertiary/aromatic N) is 1. The van der Waals surface area contributed by atoms with Crippen molar-refractivity contribution >= 4 is 29.9 Å². The highest BCUT2D eigenvalue weighted by molar-refractivity contribution is 5.90. The van der Waals surface area contributed by atoms with Gasteiger partial charge >= 0.3 is 0 Å². The fourth-order valence-electron chi connectivity index (χ4n) is 5.33. The first-order valence-corrected chi connectivity index (χ1v) is 16.9. The molecule has 13 heteroatoms. The summed E-state index contributed by atoms with van der Waals surface area (Å²) in [6.07, 6.45) is 2.56. The number of phenols is 1. The zero-order valence-corrected chi connectivity index (χ0v) is 29.0. The van der Waals surface area contributed by atoms with E-state index in [9.17, 15) is 38.6 Å². The fraction of sp³-hybridized carbons (Fsp3) is 0.395. The SMILES string of the molecule is Cc1ccc(C[C@H](N)C(=O)N[C@@H](CO)C(=O)NCCCC[C@H](C=O)NC(=O)[C@H](Cc2ccc(O)cc2)N(C)C(=O)CCc2ccc(F)cc2)cc1. The maximum Gasteiger partial charge on any atom is 0.244 e. The summed E-state index contributed by atoms with van der Waals surface area (Å²) in [7, 11) is 1.51. The van der Waals surface area contributed by atoms with E-state index in [-0.39, 0.29) is 49.7 Å². The van der Waals surface area contributed by atoms with Crippen LogP contribution in [-0.2, 0) is 43.2 Å². The van der Waals surface area contributed by atoms with E-state index in [1.54, 1.807) is 24.3 Å². The van der Waals surface area contributed by atoms with Crippen molar-refractivity contribution in [3.8, 4) is 5.75 Å². The Morgan fingerprint density at radius 3 is 2.08 bits per heavy atom. The summed E-state index contributed by atoms with van der Waals surface area (Å²) in [4.78, 5) is 65.1. The molecule has 3 aromatic rings. The second-order valence-corrected chi connectivity index (χ2v) is 12.6. The first-order chi connectivity index (χ1) is 24.4. The van der Waals surface area contributed by atoms with Gasteiger partial charge in [0.2, 0.25) is 23.6 Å². The lowest BCUT2D eigenvalue weighted by molar-refractivity contribution is -0.139. The minimum atomic E-state index is -1.19. The summed E-state index contributed by atoms with van der Waals surface area (Å²) >= 11 is 0. The number of carbonyl (C=O) groups excluding carboxylic acids is 5. The van der Waals surface area contributed by atoms with Gasteiger partial charge in [-0.2, -0.15) is 0 Å². The van der Waals surface area contributed by atoms with Crippen LogP contribution in [0.25, 0.3) is 0 Å². The van der Waals surface area contributed by atoms with Crippen molar-refractivity contribution in [3.05, 3.63) is 101 Å². The molecule has 51 heavy (non-hydrogen) atoms. The number of aliphatic hydroxyl groups is 1. The van der Waals surface area contributed by atoms with Gasteiger partial charge < -0.3 is 41.6 Å². The molecule has 0 aliphatic rings. The third-order valence-corrected chi connectivity index (χ3v) is 8.53. The van der Waals surface area contributed by atoms with E-state index in [0.29, 0.717) is 31.1 Å². The summed E-state index contributed by atoms with van der Waals surface area (Å²) in [6, 6.07) is 15.7. The number of nitrogens with two attached hydrogens (primary N) is 1. The largest absolute Gasteiger partial charge is 0.508 e. The van der Waals surface area contributed by atoms with Crippen LogP contribution in [-0.4, -0.2) is 89.4 Å². The van der Waals surface area contributed by atoms with Crippen molar-refractivity contribution in [1.82, 2.24) is 20.9 Å². The number of unbranched alkanes of at least 4 members (excludes halogenated alkanes) is 1.